The van der Waals surface area contributed by atoms with Gasteiger partial charge in [-0.15, -0.1) is 0 Å². The lowest BCUT2D eigenvalue weighted by atomic mass is 10.2. The molecule has 0 amide bonds. The Bertz CT molecular complexity index is 453. The number of rotatable bonds is 3. The number of benzene rings is 1. The van der Waals surface area contributed by atoms with Crippen LogP contribution in [0.1, 0.15) is 6.92 Å². The highest BCUT2D eigenvalue weighted by Gasteiger charge is 2.05. The van der Waals surface area contributed by atoms with E-state index in [0.29, 0.717) is 0 Å². The van der Waals surface area contributed by atoms with E-state index in [0.717, 1.165) is 16.7 Å². The molecule has 78 valence electrons. The summed E-state index contributed by atoms with van der Waals surface area (Å²) in [7, 11) is 0. The van der Waals surface area contributed by atoms with Crippen LogP contribution in [0.5, 0.6) is 0 Å². The average Bonchev–Trinajstić information content (AvgIpc) is 2.29. The number of nitrogens with zero attached hydrogens (tertiary/aromatic N) is 2. The molecule has 1 aromatic heterocycles. The van der Waals surface area contributed by atoms with E-state index in [2.05, 4.69) is 15.3 Å². The fourth-order valence-electron chi connectivity index (χ4n) is 1.40. The summed E-state index contributed by atoms with van der Waals surface area (Å²) in [6, 6.07) is 7.77. The first-order valence-electron chi connectivity index (χ1n) is 4.88. The second-order valence-electron chi connectivity index (χ2n) is 3.47. The van der Waals surface area contributed by atoms with Crippen LogP contribution in [0.25, 0.3) is 10.9 Å². The monoisotopic (exact) mass is 203 g/mol. The van der Waals surface area contributed by atoms with Crippen LogP contribution in [0.15, 0.2) is 30.6 Å². The zero-order valence-corrected chi connectivity index (χ0v) is 8.51. The number of fused-ring (bicyclic) bond motifs is 1. The molecule has 2 aromatic rings. The van der Waals surface area contributed by atoms with Crippen LogP contribution in [0.4, 0.5) is 5.82 Å². The number of nitrogens with one attached hydrogen (secondary N) is 1. The van der Waals surface area contributed by atoms with Gasteiger partial charge in [-0.2, -0.15) is 0 Å². The third-order valence-corrected chi connectivity index (χ3v) is 2.20. The van der Waals surface area contributed by atoms with E-state index in [9.17, 15) is 0 Å². The molecule has 0 radical (unpaired) electrons. The molecule has 0 saturated carbocycles. The number of aliphatic hydroxyl groups is 1. The lowest BCUT2D eigenvalue weighted by Gasteiger charge is -2.12. The average molecular weight is 203 g/mol. The topological polar surface area (TPSA) is 58.0 Å². The van der Waals surface area contributed by atoms with Crippen LogP contribution in [0, 0.1) is 0 Å². The molecule has 0 bridgehead atoms. The van der Waals surface area contributed by atoms with Crippen molar-refractivity contribution in [1.82, 2.24) is 9.97 Å². The minimum absolute atomic E-state index is 0.0108. The van der Waals surface area contributed by atoms with Gasteiger partial charge in [-0.3, -0.25) is 0 Å². The van der Waals surface area contributed by atoms with E-state index in [4.69, 9.17) is 5.11 Å². The third kappa shape index (κ3) is 2.05. The summed E-state index contributed by atoms with van der Waals surface area (Å²) < 4.78 is 0. The van der Waals surface area contributed by atoms with E-state index in [1.54, 1.807) is 0 Å². The van der Waals surface area contributed by atoms with Crippen LogP contribution >= 0.6 is 0 Å². The van der Waals surface area contributed by atoms with E-state index >= 15 is 0 Å². The van der Waals surface area contributed by atoms with Crippen LogP contribution in [-0.2, 0) is 0 Å². The minimum atomic E-state index is -0.0108. The molecule has 0 unspecified atom stereocenters. The molecule has 0 fully saturated rings. The second-order valence-corrected chi connectivity index (χ2v) is 3.47. The summed E-state index contributed by atoms with van der Waals surface area (Å²) in [5.74, 6) is 0.766. The van der Waals surface area contributed by atoms with Gasteiger partial charge in [-0.05, 0) is 19.1 Å². The molecule has 15 heavy (non-hydrogen) atoms. The fourth-order valence-corrected chi connectivity index (χ4v) is 1.40. The highest BCUT2D eigenvalue weighted by Crippen LogP contribution is 2.18. The molecule has 1 atom stereocenters. The Hall–Kier alpha value is -1.68. The summed E-state index contributed by atoms with van der Waals surface area (Å²) in [4.78, 5) is 8.32. The normalized spacial score (nSPS) is 12.7. The van der Waals surface area contributed by atoms with Crippen molar-refractivity contribution in [3.05, 3.63) is 30.6 Å². The SMILES string of the molecule is C[C@@H](CO)Nc1ncnc2ccccc12. The molecule has 2 N–H and O–H groups in total. The summed E-state index contributed by atoms with van der Waals surface area (Å²) in [6.07, 6.45) is 1.52. The zero-order valence-electron chi connectivity index (χ0n) is 8.51. The van der Waals surface area contributed by atoms with Crippen molar-refractivity contribution in [1.29, 1.82) is 0 Å². The maximum Gasteiger partial charge on any atom is 0.137 e. The molecule has 0 aliphatic carbocycles. The van der Waals surface area contributed by atoms with Gasteiger partial charge >= 0.3 is 0 Å². The van der Waals surface area contributed by atoms with Crippen LogP contribution in [-0.4, -0.2) is 27.7 Å². The predicted molar refractivity (Wildman–Crippen MR) is 59.7 cm³/mol. The van der Waals surface area contributed by atoms with Gasteiger partial charge in [0.2, 0.25) is 0 Å². The Labute approximate surface area is 88.0 Å². The van der Waals surface area contributed by atoms with Crippen LogP contribution in [0.2, 0.25) is 0 Å². The Kier molecular flexibility index (Phi) is 2.78. The molecule has 1 heterocycles. The van der Waals surface area contributed by atoms with Gasteiger partial charge in [0.05, 0.1) is 12.1 Å². The van der Waals surface area contributed by atoms with Crippen molar-refractivity contribution in [2.45, 2.75) is 13.0 Å². The zero-order chi connectivity index (χ0) is 10.7. The number of aromatic nitrogens is 2. The van der Waals surface area contributed by atoms with Gasteiger partial charge in [-0.1, -0.05) is 12.1 Å². The Morgan fingerprint density at radius 2 is 2.13 bits per heavy atom. The Balaban J connectivity index is 2.42. The number of anilines is 1. The molecule has 4 heteroatoms. The predicted octanol–water partition coefficient (Wildman–Crippen LogP) is 1.42. The van der Waals surface area contributed by atoms with Gasteiger partial charge in [0.15, 0.2) is 0 Å². The first-order valence-corrected chi connectivity index (χ1v) is 4.88. The molecular formula is C11H13N3O. The molecule has 0 aliphatic heterocycles. The van der Waals surface area contributed by atoms with Gasteiger partial charge in [0, 0.05) is 11.4 Å². The molecule has 4 nitrogen and oxygen atoms in total. The maximum atomic E-state index is 8.96. The largest absolute Gasteiger partial charge is 0.394 e. The standard InChI is InChI=1S/C11H13N3O/c1-8(6-15)14-11-9-4-2-3-5-10(9)12-7-13-11/h2-5,7-8,15H,6H2,1H3,(H,12,13,14)/t8-/m0/s1. The maximum absolute atomic E-state index is 8.96. The fraction of sp³-hybridized carbons (Fsp3) is 0.273. The smallest absolute Gasteiger partial charge is 0.137 e. The van der Waals surface area contributed by atoms with E-state index in [-0.39, 0.29) is 12.6 Å². The summed E-state index contributed by atoms with van der Waals surface area (Å²) >= 11 is 0. The molecule has 0 spiro atoms. The molecule has 0 aliphatic rings. The highest BCUT2D eigenvalue weighted by molar-refractivity contribution is 5.88. The van der Waals surface area contributed by atoms with Crippen molar-refractivity contribution in [3.8, 4) is 0 Å². The third-order valence-electron chi connectivity index (χ3n) is 2.20. The highest BCUT2D eigenvalue weighted by atomic mass is 16.3. The number of hydrogen-bond acceptors (Lipinski definition) is 4. The molecule has 1 aromatic carbocycles. The Morgan fingerprint density at radius 1 is 1.33 bits per heavy atom. The lowest BCUT2D eigenvalue weighted by Crippen LogP contribution is -2.20. The van der Waals surface area contributed by atoms with Gasteiger partial charge < -0.3 is 10.4 Å². The van der Waals surface area contributed by atoms with Crippen molar-refractivity contribution in [2.75, 3.05) is 11.9 Å². The quantitative estimate of drug-likeness (QED) is 0.792. The summed E-state index contributed by atoms with van der Waals surface area (Å²) in [6.45, 7) is 1.98. The van der Waals surface area contributed by atoms with E-state index in [1.807, 2.05) is 31.2 Å². The van der Waals surface area contributed by atoms with Crippen molar-refractivity contribution in [2.24, 2.45) is 0 Å². The van der Waals surface area contributed by atoms with Crippen molar-refractivity contribution >= 4 is 16.7 Å². The first kappa shape index (κ1) is 9.86. The Morgan fingerprint density at radius 3 is 2.93 bits per heavy atom. The number of hydrogen-bond donors (Lipinski definition) is 2. The van der Waals surface area contributed by atoms with Gasteiger partial charge in [0.1, 0.15) is 12.1 Å². The van der Waals surface area contributed by atoms with Crippen molar-refractivity contribution < 1.29 is 5.11 Å². The van der Waals surface area contributed by atoms with Gasteiger partial charge in [0.25, 0.3) is 0 Å². The molecular weight excluding hydrogens is 190 g/mol. The molecule has 2 rings (SSSR count). The second kappa shape index (κ2) is 4.23. The summed E-state index contributed by atoms with van der Waals surface area (Å²) in [5.41, 5.74) is 0.903. The van der Waals surface area contributed by atoms with Gasteiger partial charge in [-0.25, -0.2) is 9.97 Å². The van der Waals surface area contributed by atoms with Crippen molar-refractivity contribution in [3.63, 3.8) is 0 Å². The number of aliphatic hydroxyl groups excluding tert-OH is 1. The lowest BCUT2D eigenvalue weighted by molar-refractivity contribution is 0.281. The minimum Gasteiger partial charge on any atom is -0.394 e. The first-order chi connectivity index (χ1) is 7.31. The summed E-state index contributed by atoms with van der Waals surface area (Å²) in [5, 5.41) is 13.1. The van der Waals surface area contributed by atoms with Crippen LogP contribution in [0.3, 0.4) is 0 Å². The molecule has 0 saturated heterocycles. The van der Waals surface area contributed by atoms with Crippen LogP contribution < -0.4 is 5.32 Å². The van der Waals surface area contributed by atoms with E-state index < -0.39 is 0 Å². The number of para-hydroxylation sites is 1. The van der Waals surface area contributed by atoms with E-state index in [1.165, 1.54) is 6.33 Å².